The first kappa shape index (κ1) is 34.9. The van der Waals surface area contributed by atoms with Crippen LogP contribution in [0.25, 0.3) is 21.8 Å². The minimum absolute atomic E-state index is 0.367. The Bertz CT molecular complexity index is 1220. The number of aromatic nitrogens is 2. The van der Waals surface area contributed by atoms with Crippen molar-refractivity contribution in [1.82, 2.24) is 7.77 Å². The molecule has 0 aliphatic carbocycles. The van der Waals surface area contributed by atoms with Gasteiger partial charge in [-0.05, 0) is 0 Å². The first-order valence-electron chi connectivity index (χ1n) is 17.4. The van der Waals surface area contributed by atoms with Crippen molar-refractivity contribution >= 4 is 62.4 Å². The standard InChI is InChI=1S/C12H7N2O.6C4H9.2Sn/c15-12-9-5-3-7-13-11(9)8-4-1-2-6-10(8)14-12;6*1-3-4-2;;/h1-4,6-7H,(H,13,14,15);6*1,3-4H2,2H3;;/q;;;;;;;;+1/p-1. The Morgan fingerprint density at radius 1 is 0.634 bits per heavy atom. The third kappa shape index (κ3) is 8.13. The summed E-state index contributed by atoms with van der Waals surface area (Å²) in [6, 6.07) is 11.2. The zero-order valence-electron chi connectivity index (χ0n) is 27.5. The van der Waals surface area contributed by atoms with E-state index in [1.165, 1.54) is 118 Å². The molecular weight excluding hydrogens is 714 g/mol. The third-order valence-corrected chi connectivity index (χ3v) is 40.5. The van der Waals surface area contributed by atoms with Crippen molar-refractivity contribution < 1.29 is 0 Å². The predicted octanol–water partition coefficient (Wildman–Crippen LogP) is 10.8. The molecule has 0 radical (unpaired) electrons. The Kier molecular flexibility index (Phi) is 15.0. The molecule has 0 unspecified atom stereocenters. The van der Waals surface area contributed by atoms with Crippen LogP contribution in [0.1, 0.15) is 119 Å². The number of nitrogens with zero attached hydrogens (tertiary/aromatic N) is 2. The van der Waals surface area contributed by atoms with Gasteiger partial charge in [0.2, 0.25) is 0 Å². The van der Waals surface area contributed by atoms with E-state index in [4.69, 9.17) is 4.98 Å². The average molecular weight is 774 g/mol. The van der Waals surface area contributed by atoms with E-state index in [1.54, 1.807) is 0 Å². The van der Waals surface area contributed by atoms with Gasteiger partial charge in [0.25, 0.3) is 0 Å². The summed E-state index contributed by atoms with van der Waals surface area (Å²) in [7, 11) is 0. The second kappa shape index (κ2) is 17.7. The van der Waals surface area contributed by atoms with E-state index >= 15 is 4.79 Å². The Morgan fingerprint density at radius 3 is 1.59 bits per heavy atom. The van der Waals surface area contributed by atoms with Gasteiger partial charge in [-0.3, -0.25) is 0 Å². The fourth-order valence-electron chi connectivity index (χ4n) is 7.44. The van der Waals surface area contributed by atoms with Crippen LogP contribution in [0.2, 0.25) is 26.6 Å². The molecule has 2 heterocycles. The molecule has 5 heteroatoms. The fourth-order valence-corrected chi connectivity index (χ4v) is 40.4. The molecule has 0 spiro atoms. The van der Waals surface area contributed by atoms with Crippen LogP contribution in [-0.4, -0.2) is 44.8 Å². The number of fused-ring (bicyclic) bond motifs is 3. The van der Waals surface area contributed by atoms with Gasteiger partial charge >= 0.3 is 262 Å². The molecule has 0 aliphatic rings. The molecular formula is C36H60N2OSn2. The van der Waals surface area contributed by atoms with Gasteiger partial charge in [0.15, 0.2) is 0 Å². The Balaban J connectivity index is 2.50. The molecule has 41 heavy (non-hydrogen) atoms. The van der Waals surface area contributed by atoms with Crippen LogP contribution in [0.15, 0.2) is 41.3 Å². The molecule has 2 aromatic heterocycles. The monoisotopic (exact) mass is 776 g/mol. The number of hydrogen-bond donors (Lipinski definition) is 0. The van der Waals surface area contributed by atoms with Gasteiger partial charge in [-0.2, -0.15) is 0 Å². The second-order valence-corrected chi connectivity index (χ2v) is 38.5. The van der Waals surface area contributed by atoms with Gasteiger partial charge in [0.05, 0.1) is 0 Å². The molecule has 0 saturated carbocycles. The molecule has 0 saturated heterocycles. The number of benzene rings is 1. The summed E-state index contributed by atoms with van der Waals surface area (Å²) in [6.07, 6.45) is 17.2. The third-order valence-electron chi connectivity index (χ3n) is 9.83. The molecule has 228 valence electrons. The molecule has 0 amide bonds. The first-order chi connectivity index (χ1) is 20.0. The molecule has 0 bridgehead atoms. The van der Waals surface area contributed by atoms with Gasteiger partial charge in [0, 0.05) is 0 Å². The molecule has 0 fully saturated rings. The summed E-state index contributed by atoms with van der Waals surface area (Å²) >= 11 is -6.05. The van der Waals surface area contributed by atoms with Gasteiger partial charge < -0.3 is 0 Å². The number of rotatable bonds is 20. The van der Waals surface area contributed by atoms with Crippen LogP contribution in [0.4, 0.5) is 0 Å². The number of hydrogen-bond acceptors (Lipinski definition) is 2. The van der Waals surface area contributed by atoms with Crippen LogP contribution in [-0.2, 0) is 0 Å². The average Bonchev–Trinajstić information content (AvgIpc) is 3.01. The van der Waals surface area contributed by atoms with E-state index in [2.05, 4.69) is 80.9 Å². The molecule has 0 atom stereocenters. The second-order valence-electron chi connectivity index (χ2n) is 12.9. The summed E-state index contributed by atoms with van der Waals surface area (Å²) in [5.74, 6) is 0. The van der Waals surface area contributed by atoms with Crippen molar-refractivity contribution in [2.45, 2.75) is 145 Å². The Labute approximate surface area is 260 Å². The van der Waals surface area contributed by atoms with Gasteiger partial charge in [-0.15, -0.1) is 0 Å². The van der Waals surface area contributed by atoms with Crippen molar-refractivity contribution in [3.63, 3.8) is 0 Å². The van der Waals surface area contributed by atoms with E-state index < -0.39 is 37.0 Å². The summed E-state index contributed by atoms with van der Waals surface area (Å²) in [5, 5.41) is 2.30. The van der Waals surface area contributed by atoms with Crippen molar-refractivity contribution in [3.8, 4) is 0 Å². The van der Waals surface area contributed by atoms with Crippen molar-refractivity contribution in [1.29, 1.82) is 0 Å². The van der Waals surface area contributed by atoms with E-state index in [0.29, 0.717) is 5.56 Å². The quantitative estimate of drug-likeness (QED) is 0.0847. The summed E-state index contributed by atoms with van der Waals surface area (Å²) in [5.41, 5.74) is 2.57. The summed E-state index contributed by atoms with van der Waals surface area (Å²) in [4.78, 5) is 20.4. The van der Waals surface area contributed by atoms with Gasteiger partial charge in [0.1, 0.15) is 0 Å². The van der Waals surface area contributed by atoms with Crippen molar-refractivity contribution in [2.24, 2.45) is 0 Å². The predicted molar refractivity (Wildman–Crippen MR) is 188 cm³/mol. The zero-order chi connectivity index (χ0) is 29.7. The van der Waals surface area contributed by atoms with E-state index in [-0.39, 0.29) is 0 Å². The molecule has 0 N–H and O–H groups in total. The van der Waals surface area contributed by atoms with E-state index in [0.717, 1.165) is 10.9 Å². The Morgan fingerprint density at radius 2 is 1.10 bits per heavy atom. The fraction of sp³-hybridized carbons (Fsp3) is 0.667. The van der Waals surface area contributed by atoms with Crippen LogP contribution < -0.4 is 9.14 Å². The first-order valence-corrected chi connectivity index (χ1v) is 32.2. The normalized spacial score (nSPS) is 12.5. The maximum absolute atomic E-state index is 15.4. The Hall–Kier alpha value is -0.563. The van der Waals surface area contributed by atoms with Gasteiger partial charge in [-0.1, -0.05) is 0 Å². The number of para-hydroxylation sites is 1. The SMILES string of the molecule is CCC[CH2][Sn]([CH2]CCC)([CH2]CCC)[c]1ccnc2c1c(=O)[n]([Sn]([CH2]CCC)([CH2]CCC)[CH2]CCC)c1ccccc21. The van der Waals surface area contributed by atoms with Crippen molar-refractivity contribution in [3.05, 3.63) is 46.9 Å². The maximum atomic E-state index is 15.4. The molecule has 3 nitrogen and oxygen atoms in total. The summed E-state index contributed by atoms with van der Waals surface area (Å²) in [6.45, 7) is 14.0. The molecule has 0 aliphatic heterocycles. The van der Waals surface area contributed by atoms with Crippen LogP contribution in [0.5, 0.6) is 0 Å². The minimum atomic E-state index is -3.14. The van der Waals surface area contributed by atoms with Crippen LogP contribution >= 0.6 is 0 Å². The van der Waals surface area contributed by atoms with E-state index in [9.17, 15) is 0 Å². The number of pyridine rings is 2. The van der Waals surface area contributed by atoms with E-state index in [1.807, 2.05) is 0 Å². The van der Waals surface area contributed by atoms with Crippen LogP contribution in [0, 0.1) is 0 Å². The molecule has 3 rings (SSSR count). The van der Waals surface area contributed by atoms with Gasteiger partial charge in [-0.25, -0.2) is 0 Å². The van der Waals surface area contributed by atoms with Crippen LogP contribution in [0.3, 0.4) is 0 Å². The number of unbranched alkanes of at least 4 members (excludes halogenated alkanes) is 6. The van der Waals surface area contributed by atoms with Crippen molar-refractivity contribution in [2.75, 3.05) is 0 Å². The molecule has 3 aromatic rings. The zero-order valence-corrected chi connectivity index (χ0v) is 33.2. The molecule has 1 aromatic carbocycles. The summed E-state index contributed by atoms with van der Waals surface area (Å²) < 4.78 is 12.1. The topological polar surface area (TPSA) is 34.9 Å².